The Morgan fingerprint density at radius 1 is 1.42 bits per heavy atom. The highest BCUT2D eigenvalue weighted by molar-refractivity contribution is 5.93. The molecule has 0 aromatic carbocycles. The minimum Gasteiger partial charge on any atom is -0.365 e. The van der Waals surface area contributed by atoms with E-state index in [1.54, 1.807) is 0 Å². The molecule has 0 saturated heterocycles. The van der Waals surface area contributed by atoms with E-state index < -0.39 is 40.1 Å². The highest BCUT2D eigenvalue weighted by atomic mass is 16.6. The third kappa shape index (κ3) is 5.49. The van der Waals surface area contributed by atoms with Crippen LogP contribution in [0.3, 0.4) is 0 Å². The van der Waals surface area contributed by atoms with Gasteiger partial charge in [0.1, 0.15) is 12.1 Å². The molecule has 9 nitrogen and oxygen atoms in total. The third-order valence-electron chi connectivity index (χ3n) is 3.51. The fourth-order valence-corrected chi connectivity index (χ4v) is 2.26. The lowest BCUT2D eigenvalue weighted by Gasteiger charge is -2.14. The van der Waals surface area contributed by atoms with Crippen LogP contribution in [0.2, 0.25) is 0 Å². The van der Waals surface area contributed by atoms with Crippen LogP contribution in [0, 0.1) is 10.1 Å². The quantitative estimate of drug-likeness (QED) is 0.392. The van der Waals surface area contributed by atoms with Crippen LogP contribution in [-0.2, 0) is 11.3 Å². The SMILES string of the molecule is CCCCCC(C)NC(=O)Cn1cc([N+](=O)[O-])cc(C(N)=O)c1=O. The number of aromatic nitrogens is 1. The van der Waals surface area contributed by atoms with Gasteiger partial charge in [-0.1, -0.05) is 26.2 Å². The minimum atomic E-state index is -1.08. The van der Waals surface area contributed by atoms with Gasteiger partial charge in [0.25, 0.3) is 17.2 Å². The normalized spacial score (nSPS) is 11.8. The van der Waals surface area contributed by atoms with Crippen molar-refractivity contribution in [2.24, 2.45) is 5.73 Å². The maximum absolute atomic E-state index is 12.1. The van der Waals surface area contributed by atoms with Crippen LogP contribution in [-0.4, -0.2) is 27.3 Å². The standard InChI is InChI=1S/C15H22N4O5/c1-3-4-5-6-10(2)17-13(20)9-18-8-11(19(23)24)7-12(14(16)21)15(18)22/h7-8,10H,3-6,9H2,1-2H3,(H2,16,21)(H,17,20). The van der Waals surface area contributed by atoms with Crippen molar-refractivity contribution in [3.05, 3.63) is 38.3 Å². The van der Waals surface area contributed by atoms with E-state index in [1.807, 2.05) is 6.92 Å². The summed E-state index contributed by atoms with van der Waals surface area (Å²) in [7, 11) is 0. The zero-order chi connectivity index (χ0) is 18.3. The number of rotatable bonds is 9. The van der Waals surface area contributed by atoms with Crippen molar-refractivity contribution in [1.29, 1.82) is 0 Å². The molecule has 24 heavy (non-hydrogen) atoms. The molecule has 0 fully saturated rings. The second-order valence-electron chi connectivity index (χ2n) is 5.63. The zero-order valence-corrected chi connectivity index (χ0v) is 13.8. The van der Waals surface area contributed by atoms with Gasteiger partial charge >= 0.3 is 0 Å². The Hall–Kier alpha value is -2.71. The van der Waals surface area contributed by atoms with Crippen LogP contribution in [0.1, 0.15) is 49.9 Å². The minimum absolute atomic E-state index is 0.0749. The number of hydrogen-bond acceptors (Lipinski definition) is 5. The molecular formula is C15H22N4O5. The number of unbranched alkanes of at least 4 members (excludes halogenated alkanes) is 2. The first-order valence-corrected chi connectivity index (χ1v) is 7.74. The Labute approximate surface area is 139 Å². The lowest BCUT2D eigenvalue weighted by Crippen LogP contribution is -2.38. The summed E-state index contributed by atoms with van der Waals surface area (Å²) in [5.41, 5.74) is 3.23. The maximum Gasteiger partial charge on any atom is 0.286 e. The summed E-state index contributed by atoms with van der Waals surface area (Å²) in [5.74, 6) is -1.54. The molecule has 1 aromatic rings. The van der Waals surface area contributed by atoms with Crippen LogP contribution in [0.15, 0.2) is 17.1 Å². The Balaban J connectivity index is 2.90. The second-order valence-corrected chi connectivity index (χ2v) is 5.63. The summed E-state index contributed by atoms with van der Waals surface area (Å²) in [6.07, 6.45) is 4.83. The molecule has 0 bridgehead atoms. The topological polar surface area (TPSA) is 137 Å². The summed E-state index contributed by atoms with van der Waals surface area (Å²) in [5, 5.41) is 13.6. The van der Waals surface area contributed by atoms with Gasteiger partial charge in [-0.05, 0) is 13.3 Å². The molecule has 0 spiro atoms. The van der Waals surface area contributed by atoms with Crippen molar-refractivity contribution in [3.8, 4) is 0 Å². The van der Waals surface area contributed by atoms with E-state index in [4.69, 9.17) is 5.73 Å². The van der Waals surface area contributed by atoms with Crippen molar-refractivity contribution in [1.82, 2.24) is 9.88 Å². The molecule has 1 unspecified atom stereocenters. The Morgan fingerprint density at radius 3 is 2.62 bits per heavy atom. The number of carbonyl (C=O) groups excluding carboxylic acids is 2. The first-order chi connectivity index (χ1) is 11.3. The zero-order valence-electron chi connectivity index (χ0n) is 13.8. The average Bonchev–Trinajstić information content (AvgIpc) is 2.48. The van der Waals surface area contributed by atoms with Crippen molar-refractivity contribution in [3.63, 3.8) is 0 Å². The molecule has 3 N–H and O–H groups in total. The van der Waals surface area contributed by atoms with Crippen LogP contribution >= 0.6 is 0 Å². The molecule has 1 atom stereocenters. The van der Waals surface area contributed by atoms with Gasteiger partial charge in [-0.25, -0.2) is 0 Å². The highest BCUT2D eigenvalue weighted by Crippen LogP contribution is 2.10. The van der Waals surface area contributed by atoms with E-state index in [1.165, 1.54) is 0 Å². The molecule has 2 amide bonds. The summed E-state index contributed by atoms with van der Waals surface area (Å²) in [6, 6.07) is 0.737. The summed E-state index contributed by atoms with van der Waals surface area (Å²) in [4.78, 5) is 45.5. The first kappa shape index (κ1) is 19.3. The van der Waals surface area contributed by atoms with Gasteiger partial charge in [0.2, 0.25) is 5.91 Å². The molecule has 0 radical (unpaired) electrons. The smallest absolute Gasteiger partial charge is 0.286 e. The molecule has 1 rings (SSSR count). The van der Waals surface area contributed by atoms with Crippen LogP contribution in [0.25, 0.3) is 0 Å². The van der Waals surface area contributed by atoms with Gasteiger partial charge in [0.15, 0.2) is 0 Å². The molecule has 0 aliphatic rings. The Morgan fingerprint density at radius 2 is 2.08 bits per heavy atom. The van der Waals surface area contributed by atoms with Crippen molar-refractivity contribution in [2.75, 3.05) is 0 Å². The monoisotopic (exact) mass is 338 g/mol. The van der Waals surface area contributed by atoms with Crippen molar-refractivity contribution >= 4 is 17.5 Å². The van der Waals surface area contributed by atoms with Crippen molar-refractivity contribution < 1.29 is 14.5 Å². The van der Waals surface area contributed by atoms with Gasteiger partial charge in [0.05, 0.1) is 11.1 Å². The highest BCUT2D eigenvalue weighted by Gasteiger charge is 2.19. The van der Waals surface area contributed by atoms with Gasteiger partial charge in [-0.15, -0.1) is 0 Å². The number of nitrogens with two attached hydrogens (primary N) is 1. The lowest BCUT2D eigenvalue weighted by atomic mass is 10.1. The fourth-order valence-electron chi connectivity index (χ4n) is 2.26. The number of amides is 2. The number of hydrogen-bond donors (Lipinski definition) is 2. The van der Waals surface area contributed by atoms with Gasteiger partial charge in [-0.3, -0.25) is 29.1 Å². The molecule has 1 heterocycles. The molecule has 0 aliphatic carbocycles. The molecule has 132 valence electrons. The van der Waals surface area contributed by atoms with E-state index in [9.17, 15) is 24.5 Å². The third-order valence-corrected chi connectivity index (χ3v) is 3.51. The number of carbonyl (C=O) groups is 2. The molecule has 0 saturated carbocycles. The number of nitro groups is 1. The maximum atomic E-state index is 12.1. The summed E-state index contributed by atoms with van der Waals surface area (Å²) >= 11 is 0. The largest absolute Gasteiger partial charge is 0.365 e. The number of nitrogens with zero attached hydrogens (tertiary/aromatic N) is 2. The van der Waals surface area contributed by atoms with Crippen LogP contribution in [0.5, 0.6) is 0 Å². The van der Waals surface area contributed by atoms with Gasteiger partial charge < -0.3 is 11.1 Å². The predicted molar refractivity (Wildman–Crippen MR) is 87.6 cm³/mol. The van der Waals surface area contributed by atoms with E-state index in [-0.39, 0.29) is 6.04 Å². The van der Waals surface area contributed by atoms with Gasteiger partial charge in [-0.2, -0.15) is 0 Å². The molecule has 1 aromatic heterocycles. The Kier molecular flexibility index (Phi) is 7.09. The summed E-state index contributed by atoms with van der Waals surface area (Å²) < 4.78 is 0.826. The molecular weight excluding hydrogens is 316 g/mol. The average molecular weight is 338 g/mol. The van der Waals surface area contributed by atoms with E-state index in [0.717, 1.165) is 42.5 Å². The van der Waals surface area contributed by atoms with Crippen LogP contribution in [0.4, 0.5) is 5.69 Å². The fraction of sp³-hybridized carbons (Fsp3) is 0.533. The number of primary amides is 1. The van der Waals surface area contributed by atoms with E-state index in [0.29, 0.717) is 0 Å². The first-order valence-electron chi connectivity index (χ1n) is 7.74. The van der Waals surface area contributed by atoms with Gasteiger partial charge in [0, 0.05) is 12.1 Å². The lowest BCUT2D eigenvalue weighted by molar-refractivity contribution is -0.385. The molecule has 9 heteroatoms. The van der Waals surface area contributed by atoms with Crippen LogP contribution < -0.4 is 16.6 Å². The predicted octanol–water partition coefficient (Wildman–Crippen LogP) is 0.940. The van der Waals surface area contributed by atoms with Crippen molar-refractivity contribution in [2.45, 2.75) is 52.1 Å². The van der Waals surface area contributed by atoms with E-state index in [2.05, 4.69) is 12.2 Å². The Bertz CT molecular complexity index is 683. The number of pyridine rings is 1. The second kappa shape index (κ2) is 8.80. The molecule has 0 aliphatic heterocycles. The van der Waals surface area contributed by atoms with E-state index >= 15 is 0 Å². The summed E-state index contributed by atoms with van der Waals surface area (Å²) in [6.45, 7) is 3.51. The number of nitrogens with one attached hydrogen (secondary N) is 1.